The van der Waals surface area contributed by atoms with Crippen molar-refractivity contribution in [2.24, 2.45) is 0 Å². The van der Waals surface area contributed by atoms with Gasteiger partial charge in [-0.05, 0) is 11.7 Å². The molecule has 0 saturated heterocycles. The molecule has 0 bridgehead atoms. The molecule has 2 heteroatoms. The Balaban J connectivity index is 2.34. The highest BCUT2D eigenvalue weighted by atomic mass is 17.1. The summed E-state index contributed by atoms with van der Waals surface area (Å²) in [6, 6.07) is 0. The Hall–Kier alpha value is -0.0800. The van der Waals surface area contributed by atoms with Crippen LogP contribution in [0.5, 0.6) is 0 Å². The third-order valence-electron chi connectivity index (χ3n) is 0.475. The molecule has 0 spiro atoms. The minimum Gasteiger partial charge on any atom is -0.204 e. The number of hydrogen-bond acceptors (Lipinski definition) is 1. The highest BCUT2D eigenvalue weighted by molar-refractivity contribution is 4.56. The molecule has 0 N–H and O–H groups in total. The summed E-state index contributed by atoms with van der Waals surface area (Å²) < 4.78 is 0. The maximum atomic E-state index is 9.16. The smallest absolute Gasteiger partial charge is 0.0886 e. The first-order valence-corrected chi connectivity index (χ1v) is 1.98. The van der Waals surface area contributed by atoms with Gasteiger partial charge in [-0.15, -0.1) is 0 Å². The van der Waals surface area contributed by atoms with Gasteiger partial charge in [0.25, 0.3) is 0 Å². The predicted octanol–water partition coefficient (Wildman–Crippen LogP) is 0.963. The molecule has 0 unspecified atom stereocenters. The van der Waals surface area contributed by atoms with Gasteiger partial charge in [-0.2, -0.15) is 0 Å². The largest absolute Gasteiger partial charge is 0.204 e. The van der Waals surface area contributed by atoms with Crippen molar-refractivity contribution in [2.75, 3.05) is 6.61 Å². The van der Waals surface area contributed by atoms with Crippen LogP contribution >= 0.6 is 0 Å². The molecular formula is C4H8O2. The fourth-order valence-electron chi connectivity index (χ4n) is 0.166. The zero-order valence-electron chi connectivity index (χ0n) is 3.81. The first kappa shape index (κ1) is 5.92. The highest BCUT2D eigenvalue weighted by Gasteiger charge is 1.78. The molecule has 0 saturated carbocycles. The van der Waals surface area contributed by atoms with Crippen LogP contribution in [0.25, 0.3) is 0 Å². The van der Waals surface area contributed by atoms with Crippen molar-refractivity contribution >= 4 is 0 Å². The Labute approximate surface area is 37.7 Å². The van der Waals surface area contributed by atoms with Crippen molar-refractivity contribution in [3.63, 3.8) is 0 Å². The number of hydrogen-bond donors (Lipinski definition) is 0. The molecule has 36 valence electrons. The molecule has 2 nitrogen and oxygen atoms in total. The average Bonchev–Trinajstić information content (AvgIpc) is 1.61. The molecule has 0 aromatic heterocycles. The van der Waals surface area contributed by atoms with Gasteiger partial charge in [0.15, 0.2) is 0 Å². The molecule has 0 aromatic rings. The monoisotopic (exact) mass is 88.1 g/mol. The first-order valence-electron chi connectivity index (χ1n) is 1.98. The lowest BCUT2D eigenvalue weighted by atomic mass is 10.4. The van der Waals surface area contributed by atoms with Crippen molar-refractivity contribution in [2.45, 2.75) is 13.3 Å². The maximum Gasteiger partial charge on any atom is 0.0886 e. The number of rotatable bonds is 3. The van der Waals surface area contributed by atoms with Crippen LogP contribution in [0, 0.1) is 6.42 Å². The molecule has 6 heavy (non-hydrogen) atoms. The Kier molecular flexibility index (Phi) is 4.85. The lowest BCUT2D eigenvalue weighted by Gasteiger charge is -1.83. The van der Waals surface area contributed by atoms with Crippen LogP contribution in [0.2, 0.25) is 0 Å². The highest BCUT2D eigenvalue weighted by Crippen LogP contribution is 1.81. The van der Waals surface area contributed by atoms with E-state index in [-0.39, 0.29) is 6.61 Å². The molecule has 0 aromatic carbocycles. The standard InChI is InChI=1S/C4H8O2/c1-2-3-4-6-5/h3H,2,4H2,1H3. The van der Waals surface area contributed by atoms with Crippen molar-refractivity contribution in [1.29, 1.82) is 0 Å². The summed E-state index contributed by atoms with van der Waals surface area (Å²) in [4.78, 5) is 3.48. The molecule has 0 fully saturated rings. The van der Waals surface area contributed by atoms with Gasteiger partial charge in [-0.25, -0.2) is 4.89 Å². The van der Waals surface area contributed by atoms with E-state index < -0.39 is 0 Å². The van der Waals surface area contributed by atoms with E-state index in [0.717, 1.165) is 6.42 Å². The summed E-state index contributed by atoms with van der Waals surface area (Å²) in [6.07, 6.45) is 2.68. The fourth-order valence-corrected chi connectivity index (χ4v) is 0.166. The minimum absolute atomic E-state index is 0.233. The van der Waals surface area contributed by atoms with Gasteiger partial charge in [0.2, 0.25) is 0 Å². The van der Waals surface area contributed by atoms with E-state index >= 15 is 0 Å². The van der Waals surface area contributed by atoms with Gasteiger partial charge in [0.05, 0.1) is 6.61 Å². The zero-order valence-corrected chi connectivity index (χ0v) is 3.81. The van der Waals surface area contributed by atoms with Crippen LogP contribution in [0.4, 0.5) is 0 Å². The van der Waals surface area contributed by atoms with E-state index in [9.17, 15) is 0 Å². The van der Waals surface area contributed by atoms with Crippen molar-refractivity contribution in [3.8, 4) is 0 Å². The van der Waals surface area contributed by atoms with Crippen LogP contribution in [0.1, 0.15) is 13.3 Å². The Morgan fingerprint density at radius 3 is 2.67 bits per heavy atom. The van der Waals surface area contributed by atoms with E-state index in [0.29, 0.717) is 0 Å². The Morgan fingerprint density at radius 1 is 1.83 bits per heavy atom. The van der Waals surface area contributed by atoms with Crippen LogP contribution in [-0.2, 0) is 10.1 Å². The summed E-state index contributed by atoms with van der Waals surface area (Å²) in [5.74, 6) is 0. The zero-order chi connectivity index (χ0) is 4.83. The second-order valence-electron chi connectivity index (χ2n) is 0.981. The lowest BCUT2D eigenvalue weighted by Crippen LogP contribution is -1.84. The van der Waals surface area contributed by atoms with E-state index in [1.165, 1.54) is 0 Å². The van der Waals surface area contributed by atoms with Gasteiger partial charge in [-0.3, -0.25) is 0 Å². The van der Waals surface area contributed by atoms with Gasteiger partial charge in [-0.1, -0.05) is 13.3 Å². The molecule has 0 aliphatic carbocycles. The van der Waals surface area contributed by atoms with Crippen LogP contribution < -0.4 is 0 Å². The predicted molar refractivity (Wildman–Crippen MR) is 21.2 cm³/mol. The van der Waals surface area contributed by atoms with Crippen molar-refractivity contribution < 1.29 is 10.1 Å². The normalized spacial score (nSPS) is 9.00. The summed E-state index contributed by atoms with van der Waals surface area (Å²) in [6.45, 7) is 2.19. The molecule has 0 amide bonds. The fraction of sp³-hybridized carbons (Fsp3) is 0.750. The molecule has 0 aliphatic rings. The molecular weight excluding hydrogens is 80.0 g/mol. The summed E-state index contributed by atoms with van der Waals surface area (Å²) in [7, 11) is 0. The lowest BCUT2D eigenvalue weighted by molar-refractivity contribution is -0.297. The van der Waals surface area contributed by atoms with Gasteiger partial charge < -0.3 is 0 Å². The summed E-state index contributed by atoms with van der Waals surface area (Å²) in [5.41, 5.74) is 0. The van der Waals surface area contributed by atoms with Crippen molar-refractivity contribution in [3.05, 3.63) is 6.42 Å². The van der Waals surface area contributed by atoms with E-state index in [1.807, 2.05) is 6.92 Å². The second kappa shape index (κ2) is 4.92. The molecule has 0 aliphatic heterocycles. The van der Waals surface area contributed by atoms with Crippen LogP contribution in [0.3, 0.4) is 0 Å². The Morgan fingerprint density at radius 2 is 2.50 bits per heavy atom. The van der Waals surface area contributed by atoms with Gasteiger partial charge in [0, 0.05) is 0 Å². The average molecular weight is 88.1 g/mol. The molecule has 0 atom stereocenters. The number of unbranched alkanes of at least 4 members (excludes halogenated alkanes) is 1. The third kappa shape index (κ3) is 3.92. The SMILES string of the molecule is CC[CH]CO[O]. The quantitative estimate of drug-likeness (QED) is 0.287. The van der Waals surface area contributed by atoms with Crippen LogP contribution in [0.15, 0.2) is 0 Å². The van der Waals surface area contributed by atoms with Gasteiger partial charge >= 0.3 is 0 Å². The third-order valence-corrected chi connectivity index (χ3v) is 0.475. The summed E-state index contributed by atoms with van der Waals surface area (Å²) >= 11 is 0. The molecule has 0 heterocycles. The van der Waals surface area contributed by atoms with E-state index in [1.54, 1.807) is 6.42 Å². The minimum atomic E-state index is 0.233. The van der Waals surface area contributed by atoms with E-state index in [4.69, 9.17) is 5.26 Å². The second-order valence-corrected chi connectivity index (χ2v) is 0.981. The molecule has 0 rings (SSSR count). The molecule has 2 radical (unpaired) electrons. The summed E-state index contributed by atoms with van der Waals surface area (Å²) in [5, 5.41) is 9.16. The Bertz CT molecular complexity index is 17.5. The van der Waals surface area contributed by atoms with Crippen LogP contribution in [-0.4, -0.2) is 6.61 Å². The van der Waals surface area contributed by atoms with E-state index in [2.05, 4.69) is 4.89 Å². The van der Waals surface area contributed by atoms with Crippen molar-refractivity contribution in [1.82, 2.24) is 0 Å². The maximum absolute atomic E-state index is 9.16. The topological polar surface area (TPSA) is 29.1 Å². The van der Waals surface area contributed by atoms with Gasteiger partial charge in [0.1, 0.15) is 0 Å². The first-order chi connectivity index (χ1) is 2.91.